The van der Waals surface area contributed by atoms with Crippen LogP contribution in [0.25, 0.3) is 81.0 Å². The second kappa shape index (κ2) is 15.0. The molecule has 12 rings (SSSR count). The SMILES string of the molecule is c1ccc(-c2cc(C3=NC(c4ccccc4)NC(c4ccc5c(c4)sc4ccc(-c6ccc7c(c6)c6ccccc6n7-c6ccccc6)cc45)=N3)cc(-c3ccccc3)c2)cc1. The highest BCUT2D eigenvalue weighted by molar-refractivity contribution is 7.25. The highest BCUT2D eigenvalue weighted by Gasteiger charge is 2.23. The minimum absolute atomic E-state index is 0.307. The van der Waals surface area contributed by atoms with Gasteiger partial charge in [0.1, 0.15) is 12.0 Å². The molecule has 292 valence electrons. The zero-order valence-corrected chi connectivity index (χ0v) is 34.4. The van der Waals surface area contributed by atoms with Gasteiger partial charge in [0.15, 0.2) is 5.84 Å². The minimum atomic E-state index is -0.307. The number of amidine groups is 2. The highest BCUT2D eigenvalue weighted by Crippen LogP contribution is 2.40. The lowest BCUT2D eigenvalue weighted by atomic mass is 9.95. The monoisotopic (exact) mass is 810 g/mol. The molecule has 1 unspecified atom stereocenters. The maximum atomic E-state index is 5.31. The average Bonchev–Trinajstić information content (AvgIpc) is 3.89. The summed E-state index contributed by atoms with van der Waals surface area (Å²) in [6.07, 6.45) is -0.307. The zero-order valence-electron chi connectivity index (χ0n) is 33.6. The Morgan fingerprint density at radius 3 is 1.69 bits per heavy atom. The summed E-state index contributed by atoms with van der Waals surface area (Å²) in [7, 11) is 0. The molecule has 0 bridgehead atoms. The van der Waals surface area contributed by atoms with Crippen LogP contribution in [0.2, 0.25) is 0 Å². The van der Waals surface area contributed by atoms with Crippen LogP contribution in [0.5, 0.6) is 0 Å². The Morgan fingerprint density at radius 2 is 0.968 bits per heavy atom. The summed E-state index contributed by atoms with van der Waals surface area (Å²) < 4.78 is 4.85. The molecule has 9 aromatic carbocycles. The van der Waals surface area contributed by atoms with Gasteiger partial charge in [0.05, 0.1) is 11.0 Å². The van der Waals surface area contributed by atoms with Crippen molar-refractivity contribution in [3.8, 4) is 39.1 Å². The van der Waals surface area contributed by atoms with Crippen molar-refractivity contribution in [2.24, 2.45) is 9.98 Å². The van der Waals surface area contributed by atoms with Crippen LogP contribution in [0.4, 0.5) is 0 Å². The first-order chi connectivity index (χ1) is 30.7. The molecule has 4 nitrogen and oxygen atoms in total. The van der Waals surface area contributed by atoms with Crippen molar-refractivity contribution in [3.05, 3.63) is 235 Å². The number of rotatable bonds is 7. The van der Waals surface area contributed by atoms with Crippen LogP contribution in [-0.4, -0.2) is 16.2 Å². The summed E-state index contributed by atoms with van der Waals surface area (Å²) >= 11 is 1.83. The fourth-order valence-corrected chi connectivity index (χ4v) is 10.1. The van der Waals surface area contributed by atoms with Crippen molar-refractivity contribution in [1.29, 1.82) is 0 Å². The van der Waals surface area contributed by atoms with Gasteiger partial charge in [-0.15, -0.1) is 11.3 Å². The maximum absolute atomic E-state index is 5.31. The smallest absolute Gasteiger partial charge is 0.159 e. The first-order valence-corrected chi connectivity index (χ1v) is 21.8. The van der Waals surface area contributed by atoms with Gasteiger partial charge < -0.3 is 9.88 Å². The van der Waals surface area contributed by atoms with Crippen LogP contribution in [0.3, 0.4) is 0 Å². The molecule has 1 atom stereocenters. The van der Waals surface area contributed by atoms with E-state index in [1.54, 1.807) is 0 Å². The van der Waals surface area contributed by atoms with E-state index in [0.717, 1.165) is 44.8 Å². The molecule has 1 aliphatic rings. The van der Waals surface area contributed by atoms with Gasteiger partial charge in [0, 0.05) is 47.8 Å². The van der Waals surface area contributed by atoms with Gasteiger partial charge in [-0.3, -0.25) is 0 Å². The Morgan fingerprint density at radius 1 is 0.387 bits per heavy atom. The Kier molecular flexibility index (Phi) is 8.72. The standard InChI is InChI=1S/C57H38N4S/c1-5-15-37(16-6-1)43-31-44(38-17-7-2-8-18-38)33-45(32-43)57-59-55(39-19-9-3-10-20-39)58-56(60-57)42-25-28-48-50-35-41(27-30-53(50)62-54(48)36-42)40-26-29-52-49(34-40)47-23-13-14-24-51(47)61(52)46-21-11-4-12-22-46/h1-36,55H,(H,58,59,60). The van der Waals surface area contributed by atoms with Crippen molar-refractivity contribution < 1.29 is 0 Å². The van der Waals surface area contributed by atoms with Gasteiger partial charge >= 0.3 is 0 Å². The van der Waals surface area contributed by atoms with E-state index in [9.17, 15) is 0 Å². The van der Waals surface area contributed by atoms with Gasteiger partial charge in [-0.25, -0.2) is 9.98 Å². The summed E-state index contributed by atoms with van der Waals surface area (Å²) in [5, 5.41) is 8.72. The molecule has 2 aromatic heterocycles. The quantitative estimate of drug-likeness (QED) is 0.171. The molecular weight excluding hydrogens is 773 g/mol. The number of para-hydroxylation sites is 2. The van der Waals surface area contributed by atoms with E-state index in [-0.39, 0.29) is 6.17 Å². The van der Waals surface area contributed by atoms with Gasteiger partial charge in [0.2, 0.25) is 0 Å². The van der Waals surface area contributed by atoms with E-state index >= 15 is 0 Å². The summed E-state index contributed by atoms with van der Waals surface area (Å²) in [6, 6.07) is 78.2. The molecule has 0 fully saturated rings. The average molecular weight is 811 g/mol. The van der Waals surface area contributed by atoms with Gasteiger partial charge in [-0.05, 0) is 106 Å². The number of aliphatic imine (C=N–C) groups is 2. The van der Waals surface area contributed by atoms with Crippen molar-refractivity contribution in [2.45, 2.75) is 6.17 Å². The fourth-order valence-electron chi connectivity index (χ4n) is 8.99. The lowest BCUT2D eigenvalue weighted by molar-refractivity contribution is 0.674. The first kappa shape index (κ1) is 36.0. The van der Waals surface area contributed by atoms with E-state index in [1.807, 2.05) is 17.4 Å². The molecule has 11 aromatic rings. The molecule has 1 N–H and O–H groups in total. The van der Waals surface area contributed by atoms with Gasteiger partial charge in [0.25, 0.3) is 0 Å². The molecule has 0 aliphatic carbocycles. The number of fused-ring (bicyclic) bond motifs is 6. The predicted octanol–water partition coefficient (Wildman–Crippen LogP) is 14.6. The lowest BCUT2D eigenvalue weighted by Crippen LogP contribution is -2.33. The third kappa shape index (κ3) is 6.38. The van der Waals surface area contributed by atoms with Crippen molar-refractivity contribution in [3.63, 3.8) is 0 Å². The van der Waals surface area contributed by atoms with Crippen LogP contribution in [0, 0.1) is 0 Å². The molecule has 0 radical (unpaired) electrons. The first-order valence-electron chi connectivity index (χ1n) is 21.0. The molecular formula is C57H38N4S. The normalized spacial score (nSPS) is 14.0. The number of nitrogens with one attached hydrogen (secondary N) is 1. The Hall–Kier alpha value is -7.86. The summed E-state index contributed by atoms with van der Waals surface area (Å²) in [5.41, 5.74) is 13.6. The van der Waals surface area contributed by atoms with E-state index in [4.69, 9.17) is 9.98 Å². The molecule has 3 heterocycles. The molecule has 0 saturated carbocycles. The number of hydrogen-bond acceptors (Lipinski definition) is 4. The van der Waals surface area contributed by atoms with Crippen molar-refractivity contribution >= 4 is 65.0 Å². The summed E-state index contributed by atoms with van der Waals surface area (Å²) in [5.74, 6) is 1.51. The fraction of sp³-hybridized carbons (Fsp3) is 0.0175. The molecule has 0 amide bonds. The third-order valence-corrected chi connectivity index (χ3v) is 13.2. The Labute approximate surface area is 363 Å². The van der Waals surface area contributed by atoms with E-state index in [0.29, 0.717) is 5.84 Å². The molecule has 0 saturated heterocycles. The second-order valence-corrected chi connectivity index (χ2v) is 16.9. The number of aromatic nitrogens is 1. The maximum Gasteiger partial charge on any atom is 0.159 e. The summed E-state index contributed by atoms with van der Waals surface area (Å²) in [6.45, 7) is 0. The third-order valence-electron chi connectivity index (χ3n) is 12.0. The predicted molar refractivity (Wildman–Crippen MR) is 262 cm³/mol. The topological polar surface area (TPSA) is 41.7 Å². The second-order valence-electron chi connectivity index (χ2n) is 15.8. The Bertz CT molecular complexity index is 3470. The van der Waals surface area contributed by atoms with Crippen LogP contribution in [0.1, 0.15) is 22.9 Å². The molecule has 5 heteroatoms. The number of benzene rings is 9. The minimum Gasteiger partial charge on any atom is -0.344 e. The van der Waals surface area contributed by atoms with E-state index < -0.39 is 0 Å². The van der Waals surface area contributed by atoms with Crippen molar-refractivity contribution in [1.82, 2.24) is 9.88 Å². The van der Waals surface area contributed by atoms with Gasteiger partial charge in [-0.1, -0.05) is 152 Å². The number of hydrogen-bond donors (Lipinski definition) is 1. The molecule has 1 aliphatic heterocycles. The van der Waals surface area contributed by atoms with Gasteiger partial charge in [-0.2, -0.15) is 0 Å². The Balaban J connectivity index is 0.945. The van der Waals surface area contributed by atoms with E-state index in [1.165, 1.54) is 58.8 Å². The van der Waals surface area contributed by atoms with Crippen LogP contribution in [-0.2, 0) is 0 Å². The number of thiophene rings is 1. The molecule has 0 spiro atoms. The number of nitrogens with zero attached hydrogens (tertiary/aromatic N) is 3. The van der Waals surface area contributed by atoms with Crippen molar-refractivity contribution in [2.75, 3.05) is 0 Å². The zero-order chi connectivity index (χ0) is 41.0. The molecule has 62 heavy (non-hydrogen) atoms. The van der Waals surface area contributed by atoms with E-state index in [2.05, 4.69) is 222 Å². The van der Waals surface area contributed by atoms with Crippen LogP contribution >= 0.6 is 11.3 Å². The largest absolute Gasteiger partial charge is 0.344 e. The summed E-state index contributed by atoms with van der Waals surface area (Å²) in [4.78, 5) is 10.6. The van der Waals surface area contributed by atoms with Crippen LogP contribution in [0.15, 0.2) is 228 Å². The highest BCUT2D eigenvalue weighted by atomic mass is 32.1. The van der Waals surface area contributed by atoms with Crippen LogP contribution < -0.4 is 5.32 Å². The lowest BCUT2D eigenvalue weighted by Gasteiger charge is -2.24.